The summed E-state index contributed by atoms with van der Waals surface area (Å²) < 4.78 is 36.9. The Morgan fingerprint density at radius 2 is 1.81 bits per heavy atom. The van der Waals surface area contributed by atoms with Gasteiger partial charge in [0.1, 0.15) is 0 Å². The van der Waals surface area contributed by atoms with Gasteiger partial charge < -0.3 is 14.8 Å². The minimum atomic E-state index is -3.70. The summed E-state index contributed by atoms with van der Waals surface area (Å²) in [6.07, 6.45) is -1.20. The van der Waals surface area contributed by atoms with Crippen molar-refractivity contribution in [3.8, 4) is 0 Å². The number of hydrogen-bond donors (Lipinski definition) is 1. The van der Waals surface area contributed by atoms with Gasteiger partial charge in [-0.15, -0.1) is 0 Å². The molecular weight excluding hydrogens is 442 g/mol. The summed E-state index contributed by atoms with van der Waals surface area (Å²) in [5.41, 5.74) is 0.0604. The van der Waals surface area contributed by atoms with Gasteiger partial charge in [-0.25, -0.2) is 13.2 Å². The molecule has 3 rings (SSSR count). The molecule has 1 N–H and O–H groups in total. The van der Waals surface area contributed by atoms with E-state index in [-0.39, 0.29) is 34.9 Å². The van der Waals surface area contributed by atoms with Crippen LogP contribution in [0.1, 0.15) is 17.3 Å². The van der Waals surface area contributed by atoms with Gasteiger partial charge in [-0.1, -0.05) is 6.07 Å². The molecule has 12 heteroatoms. The second-order valence-corrected chi connectivity index (χ2v) is 8.82. The lowest BCUT2D eigenvalue weighted by atomic mass is 10.2. The van der Waals surface area contributed by atoms with E-state index in [9.17, 15) is 28.1 Å². The maximum atomic E-state index is 12.6. The lowest BCUT2D eigenvalue weighted by Gasteiger charge is -2.26. The first-order valence-corrected chi connectivity index (χ1v) is 11.1. The number of nitrogens with one attached hydrogen (secondary N) is 1. The number of hydrogen-bond acceptors (Lipinski definition) is 8. The molecule has 2 aromatic rings. The number of carbonyl (C=O) groups is 2. The third-order valence-electron chi connectivity index (χ3n) is 4.68. The Kier molecular flexibility index (Phi) is 7.18. The Hall–Kier alpha value is -3.35. The third kappa shape index (κ3) is 5.46. The normalized spacial score (nSPS) is 15.5. The molecule has 0 bridgehead atoms. The number of non-ortho nitro benzene ring substituents is 1. The van der Waals surface area contributed by atoms with Crippen molar-refractivity contribution < 1.29 is 32.4 Å². The van der Waals surface area contributed by atoms with Crippen molar-refractivity contribution in [1.29, 1.82) is 0 Å². The molecule has 0 saturated carbocycles. The zero-order valence-electron chi connectivity index (χ0n) is 17.1. The molecule has 1 saturated heterocycles. The second kappa shape index (κ2) is 9.85. The van der Waals surface area contributed by atoms with E-state index in [1.807, 2.05) is 0 Å². The molecule has 2 aromatic carbocycles. The van der Waals surface area contributed by atoms with Gasteiger partial charge in [0.2, 0.25) is 10.0 Å². The summed E-state index contributed by atoms with van der Waals surface area (Å²) in [5, 5.41) is 13.3. The van der Waals surface area contributed by atoms with Crippen molar-refractivity contribution in [3.63, 3.8) is 0 Å². The molecule has 0 spiro atoms. The minimum absolute atomic E-state index is 0.0346. The van der Waals surface area contributed by atoms with Crippen LogP contribution >= 0.6 is 0 Å². The van der Waals surface area contributed by atoms with Crippen molar-refractivity contribution in [2.45, 2.75) is 17.9 Å². The maximum absolute atomic E-state index is 12.6. The molecule has 0 radical (unpaired) electrons. The Labute approximate surface area is 184 Å². The average molecular weight is 463 g/mol. The Morgan fingerprint density at radius 3 is 2.44 bits per heavy atom. The molecule has 32 heavy (non-hydrogen) atoms. The van der Waals surface area contributed by atoms with Crippen LogP contribution in [0.5, 0.6) is 0 Å². The highest BCUT2D eigenvalue weighted by Gasteiger charge is 2.27. The molecule has 1 amide bonds. The van der Waals surface area contributed by atoms with Crippen LogP contribution in [-0.4, -0.2) is 61.9 Å². The Morgan fingerprint density at radius 1 is 1.16 bits per heavy atom. The molecule has 11 nitrogen and oxygen atoms in total. The van der Waals surface area contributed by atoms with Crippen LogP contribution in [0.25, 0.3) is 0 Å². The van der Waals surface area contributed by atoms with Gasteiger partial charge in [-0.2, -0.15) is 4.31 Å². The minimum Gasteiger partial charge on any atom is -0.449 e. The van der Waals surface area contributed by atoms with E-state index >= 15 is 0 Å². The number of ether oxygens (including phenoxy) is 2. The molecule has 1 atom stereocenters. The quantitative estimate of drug-likeness (QED) is 0.372. The van der Waals surface area contributed by atoms with Crippen LogP contribution in [0.3, 0.4) is 0 Å². The number of amides is 1. The first kappa shape index (κ1) is 23.3. The molecular formula is C20H21N3O8S. The predicted molar refractivity (Wildman–Crippen MR) is 113 cm³/mol. The molecule has 1 aliphatic rings. The first-order chi connectivity index (χ1) is 15.2. The smallest absolute Gasteiger partial charge is 0.338 e. The largest absolute Gasteiger partial charge is 0.449 e. The average Bonchev–Trinajstić information content (AvgIpc) is 2.79. The van der Waals surface area contributed by atoms with Crippen LogP contribution in [0.4, 0.5) is 11.4 Å². The number of esters is 1. The number of nitrogens with zero attached hydrogens (tertiary/aromatic N) is 2. The van der Waals surface area contributed by atoms with Crippen molar-refractivity contribution in [2.75, 3.05) is 31.6 Å². The fraction of sp³-hybridized carbons (Fsp3) is 0.300. The van der Waals surface area contributed by atoms with Crippen LogP contribution in [0.15, 0.2) is 53.4 Å². The Balaban J connectivity index is 1.62. The molecule has 1 aliphatic heterocycles. The summed E-state index contributed by atoms with van der Waals surface area (Å²) >= 11 is 0. The second-order valence-electron chi connectivity index (χ2n) is 6.89. The lowest BCUT2D eigenvalue weighted by Crippen LogP contribution is -2.40. The molecule has 0 aromatic heterocycles. The van der Waals surface area contributed by atoms with E-state index < -0.39 is 32.9 Å². The number of carbonyl (C=O) groups excluding carboxylic acids is 2. The highest BCUT2D eigenvalue weighted by atomic mass is 32.2. The highest BCUT2D eigenvalue weighted by Crippen LogP contribution is 2.19. The predicted octanol–water partition coefficient (Wildman–Crippen LogP) is 1.80. The van der Waals surface area contributed by atoms with Crippen molar-refractivity contribution in [1.82, 2.24) is 4.31 Å². The number of nitro benzene ring substituents is 1. The van der Waals surface area contributed by atoms with Crippen molar-refractivity contribution in [2.24, 2.45) is 0 Å². The summed E-state index contributed by atoms with van der Waals surface area (Å²) in [7, 11) is -3.70. The SMILES string of the molecule is CC(OC(=O)c1ccc(S(=O)(=O)N2CCOCC2)cc1)C(=O)Nc1cccc([N+](=O)[O-])c1. The molecule has 170 valence electrons. The fourth-order valence-electron chi connectivity index (χ4n) is 2.92. The molecule has 1 heterocycles. The maximum Gasteiger partial charge on any atom is 0.338 e. The van der Waals surface area contributed by atoms with Crippen LogP contribution in [0, 0.1) is 10.1 Å². The number of nitro groups is 1. The zero-order chi connectivity index (χ0) is 23.3. The van der Waals surface area contributed by atoms with Gasteiger partial charge in [0.05, 0.1) is 28.6 Å². The van der Waals surface area contributed by atoms with Gasteiger partial charge in [-0.3, -0.25) is 14.9 Å². The summed E-state index contributed by atoms with van der Waals surface area (Å²) in [4.78, 5) is 34.9. The summed E-state index contributed by atoms with van der Waals surface area (Å²) in [6, 6.07) is 10.6. The summed E-state index contributed by atoms with van der Waals surface area (Å²) in [5.74, 6) is -1.49. The number of sulfonamides is 1. The van der Waals surface area contributed by atoms with Crippen LogP contribution in [0.2, 0.25) is 0 Å². The van der Waals surface area contributed by atoms with E-state index in [4.69, 9.17) is 9.47 Å². The van der Waals surface area contributed by atoms with Gasteiger partial charge in [-0.05, 0) is 37.3 Å². The van der Waals surface area contributed by atoms with Crippen molar-refractivity contribution >= 4 is 33.3 Å². The summed E-state index contributed by atoms with van der Waals surface area (Å²) in [6.45, 7) is 2.49. The van der Waals surface area contributed by atoms with Gasteiger partial charge in [0.25, 0.3) is 11.6 Å². The fourth-order valence-corrected chi connectivity index (χ4v) is 4.33. The van der Waals surface area contributed by atoms with Gasteiger partial charge >= 0.3 is 5.97 Å². The first-order valence-electron chi connectivity index (χ1n) is 9.63. The number of benzene rings is 2. The molecule has 1 unspecified atom stereocenters. The molecule has 0 aliphatic carbocycles. The van der Waals surface area contributed by atoms with Crippen LogP contribution in [-0.2, 0) is 24.3 Å². The topological polar surface area (TPSA) is 145 Å². The Bertz CT molecular complexity index is 1110. The van der Waals surface area contributed by atoms with E-state index in [2.05, 4.69) is 5.32 Å². The monoisotopic (exact) mass is 463 g/mol. The lowest BCUT2D eigenvalue weighted by molar-refractivity contribution is -0.384. The van der Waals surface area contributed by atoms with Gasteiger partial charge in [0.15, 0.2) is 6.10 Å². The van der Waals surface area contributed by atoms with E-state index in [1.165, 1.54) is 59.8 Å². The third-order valence-corrected chi connectivity index (χ3v) is 6.59. The number of anilines is 1. The van der Waals surface area contributed by atoms with E-state index in [0.717, 1.165) is 0 Å². The molecule has 1 fully saturated rings. The van der Waals surface area contributed by atoms with E-state index in [1.54, 1.807) is 0 Å². The van der Waals surface area contributed by atoms with Gasteiger partial charge in [0, 0.05) is 30.9 Å². The number of morpholine rings is 1. The zero-order valence-corrected chi connectivity index (χ0v) is 17.9. The highest BCUT2D eigenvalue weighted by molar-refractivity contribution is 7.89. The number of rotatable bonds is 7. The van der Waals surface area contributed by atoms with Crippen molar-refractivity contribution in [3.05, 3.63) is 64.2 Å². The van der Waals surface area contributed by atoms with E-state index in [0.29, 0.717) is 13.2 Å². The standard InChI is InChI=1S/C20H21N3O8S/c1-14(19(24)21-16-3-2-4-17(13-16)23(26)27)31-20(25)15-5-7-18(8-6-15)32(28,29)22-9-11-30-12-10-22/h2-8,13-14H,9-12H2,1H3,(H,21,24). The van der Waals surface area contributed by atoms with Crippen LogP contribution < -0.4 is 5.32 Å².